The van der Waals surface area contributed by atoms with E-state index in [1.54, 1.807) is 24.3 Å². The summed E-state index contributed by atoms with van der Waals surface area (Å²) < 4.78 is 5.65. The Morgan fingerprint density at radius 1 is 1.29 bits per heavy atom. The van der Waals surface area contributed by atoms with Crippen molar-refractivity contribution < 1.29 is 9.84 Å². The van der Waals surface area contributed by atoms with Gasteiger partial charge in [0.25, 0.3) is 0 Å². The number of aliphatic hydroxyl groups is 1. The van der Waals surface area contributed by atoms with Crippen LogP contribution in [-0.2, 0) is 12.8 Å². The van der Waals surface area contributed by atoms with E-state index < -0.39 is 6.10 Å². The van der Waals surface area contributed by atoms with E-state index in [4.69, 9.17) is 21.6 Å². The first-order chi connectivity index (χ1) is 10.2. The molecule has 0 aliphatic carbocycles. The van der Waals surface area contributed by atoms with Gasteiger partial charge >= 0.3 is 0 Å². The van der Waals surface area contributed by atoms with Gasteiger partial charge in [0.15, 0.2) is 0 Å². The zero-order valence-electron chi connectivity index (χ0n) is 11.3. The molecule has 4 heteroatoms. The van der Waals surface area contributed by atoms with Gasteiger partial charge in [-0.05, 0) is 41.0 Å². The molecule has 3 rings (SSSR count). The van der Waals surface area contributed by atoms with Gasteiger partial charge in [0.2, 0.25) is 0 Å². The van der Waals surface area contributed by atoms with Crippen LogP contribution in [0, 0.1) is 11.3 Å². The van der Waals surface area contributed by atoms with Gasteiger partial charge in [0, 0.05) is 17.9 Å². The van der Waals surface area contributed by atoms with Gasteiger partial charge in [-0.3, -0.25) is 0 Å². The molecular formula is C17H14ClNO2. The van der Waals surface area contributed by atoms with Gasteiger partial charge in [0.05, 0.1) is 24.3 Å². The molecule has 0 saturated heterocycles. The Labute approximate surface area is 128 Å². The van der Waals surface area contributed by atoms with Gasteiger partial charge in [-0.15, -0.1) is 0 Å². The van der Waals surface area contributed by atoms with Crippen molar-refractivity contribution in [3.8, 4) is 11.8 Å². The molecule has 106 valence electrons. The number of aliphatic hydroxyl groups excluding tert-OH is 1. The third kappa shape index (κ3) is 2.87. The molecule has 0 bridgehead atoms. The maximum absolute atomic E-state index is 10.4. The molecule has 1 heterocycles. The molecule has 0 amide bonds. The fourth-order valence-electron chi connectivity index (χ4n) is 2.60. The number of hydrogen-bond donors (Lipinski definition) is 1. The SMILES string of the molecule is N#Cc1ccc(C(O)Cc2cc(Cl)cc3c2OCC3)cc1. The molecule has 2 aromatic carbocycles. The van der Waals surface area contributed by atoms with E-state index in [2.05, 4.69) is 6.07 Å². The second kappa shape index (κ2) is 5.77. The van der Waals surface area contributed by atoms with Crippen LogP contribution in [0.3, 0.4) is 0 Å². The number of nitrogens with zero attached hydrogens (tertiary/aromatic N) is 1. The van der Waals surface area contributed by atoms with E-state index in [0.29, 0.717) is 23.6 Å². The Bertz CT molecular complexity index is 704. The Balaban J connectivity index is 1.84. The minimum atomic E-state index is -0.649. The molecule has 3 nitrogen and oxygen atoms in total. The van der Waals surface area contributed by atoms with Crippen LogP contribution >= 0.6 is 11.6 Å². The molecule has 21 heavy (non-hydrogen) atoms. The van der Waals surface area contributed by atoms with Crippen molar-refractivity contribution in [1.82, 2.24) is 0 Å². The van der Waals surface area contributed by atoms with E-state index in [-0.39, 0.29) is 0 Å². The number of rotatable bonds is 3. The van der Waals surface area contributed by atoms with Crippen molar-refractivity contribution in [3.05, 3.63) is 63.7 Å². The second-order valence-electron chi connectivity index (χ2n) is 5.11. The predicted molar refractivity (Wildman–Crippen MR) is 80.5 cm³/mol. The standard InChI is InChI=1S/C17H14ClNO2/c18-15-7-13-5-6-21-17(13)14(8-15)9-16(20)12-3-1-11(10-19)2-4-12/h1-4,7-8,16,20H,5-6,9H2. The van der Waals surface area contributed by atoms with Crippen molar-refractivity contribution >= 4 is 11.6 Å². The summed E-state index contributed by atoms with van der Waals surface area (Å²) in [4.78, 5) is 0. The summed E-state index contributed by atoms with van der Waals surface area (Å²) in [5, 5.41) is 19.8. The highest BCUT2D eigenvalue weighted by atomic mass is 35.5. The molecule has 0 aromatic heterocycles. The molecule has 0 fully saturated rings. The van der Waals surface area contributed by atoms with Crippen LogP contribution in [0.5, 0.6) is 5.75 Å². The van der Waals surface area contributed by atoms with E-state index in [0.717, 1.165) is 28.9 Å². The predicted octanol–water partition coefficient (Wildman–Crippen LogP) is 3.42. The minimum absolute atomic E-state index is 0.439. The van der Waals surface area contributed by atoms with Crippen molar-refractivity contribution in [2.75, 3.05) is 6.61 Å². The van der Waals surface area contributed by atoms with E-state index in [9.17, 15) is 5.11 Å². The first kappa shape index (κ1) is 13.9. The summed E-state index contributed by atoms with van der Waals surface area (Å²) in [5.41, 5.74) is 3.38. The quantitative estimate of drug-likeness (QED) is 0.945. The fraction of sp³-hybridized carbons (Fsp3) is 0.235. The van der Waals surface area contributed by atoms with Crippen LogP contribution in [0.15, 0.2) is 36.4 Å². The number of hydrogen-bond acceptors (Lipinski definition) is 3. The lowest BCUT2D eigenvalue weighted by atomic mass is 9.98. The highest BCUT2D eigenvalue weighted by Gasteiger charge is 2.20. The zero-order chi connectivity index (χ0) is 14.8. The largest absolute Gasteiger partial charge is 0.493 e. The molecule has 1 aliphatic rings. The number of ether oxygens (including phenoxy) is 1. The van der Waals surface area contributed by atoms with Crippen molar-refractivity contribution in [3.63, 3.8) is 0 Å². The number of fused-ring (bicyclic) bond motifs is 1. The van der Waals surface area contributed by atoms with Crippen LogP contribution in [0.2, 0.25) is 5.02 Å². The van der Waals surface area contributed by atoms with Crippen LogP contribution < -0.4 is 4.74 Å². The van der Waals surface area contributed by atoms with Gasteiger partial charge in [-0.25, -0.2) is 0 Å². The molecule has 1 aliphatic heterocycles. The van der Waals surface area contributed by atoms with Crippen molar-refractivity contribution in [2.45, 2.75) is 18.9 Å². The maximum atomic E-state index is 10.4. The van der Waals surface area contributed by atoms with Crippen molar-refractivity contribution in [1.29, 1.82) is 5.26 Å². The fourth-order valence-corrected chi connectivity index (χ4v) is 2.87. The average molecular weight is 300 g/mol. The number of nitriles is 1. The lowest BCUT2D eigenvalue weighted by Crippen LogP contribution is -2.03. The molecule has 1 unspecified atom stereocenters. The summed E-state index contributed by atoms with van der Waals surface area (Å²) in [6, 6.07) is 12.8. The third-order valence-corrected chi connectivity index (χ3v) is 3.88. The topological polar surface area (TPSA) is 53.2 Å². The first-order valence-corrected chi connectivity index (χ1v) is 7.17. The summed E-state index contributed by atoms with van der Waals surface area (Å²) in [5.74, 6) is 0.854. The Morgan fingerprint density at radius 3 is 2.76 bits per heavy atom. The lowest BCUT2D eigenvalue weighted by molar-refractivity contribution is 0.177. The summed E-state index contributed by atoms with van der Waals surface area (Å²) in [6.45, 7) is 0.662. The second-order valence-corrected chi connectivity index (χ2v) is 5.54. The monoisotopic (exact) mass is 299 g/mol. The summed E-state index contributed by atoms with van der Waals surface area (Å²) in [7, 11) is 0. The lowest BCUT2D eigenvalue weighted by Gasteiger charge is -2.14. The van der Waals surface area contributed by atoms with Gasteiger partial charge in [-0.1, -0.05) is 23.7 Å². The van der Waals surface area contributed by atoms with Crippen LogP contribution in [0.1, 0.15) is 28.4 Å². The number of halogens is 1. The summed E-state index contributed by atoms with van der Waals surface area (Å²) in [6.07, 6.45) is 0.648. The normalized spacial score (nSPS) is 14.1. The highest BCUT2D eigenvalue weighted by molar-refractivity contribution is 6.30. The molecule has 0 spiro atoms. The molecule has 1 atom stereocenters. The molecule has 0 saturated carbocycles. The smallest absolute Gasteiger partial charge is 0.126 e. The van der Waals surface area contributed by atoms with Gasteiger partial charge in [0.1, 0.15) is 5.75 Å². The average Bonchev–Trinajstić information content (AvgIpc) is 2.95. The number of benzene rings is 2. The van der Waals surface area contributed by atoms with Crippen LogP contribution in [-0.4, -0.2) is 11.7 Å². The Hall–Kier alpha value is -2.02. The maximum Gasteiger partial charge on any atom is 0.126 e. The van der Waals surface area contributed by atoms with Crippen molar-refractivity contribution in [2.24, 2.45) is 0 Å². The molecule has 0 radical (unpaired) electrons. The third-order valence-electron chi connectivity index (χ3n) is 3.66. The van der Waals surface area contributed by atoms with Crippen LogP contribution in [0.25, 0.3) is 0 Å². The van der Waals surface area contributed by atoms with E-state index in [1.807, 2.05) is 12.1 Å². The highest BCUT2D eigenvalue weighted by Crippen LogP contribution is 2.35. The first-order valence-electron chi connectivity index (χ1n) is 6.79. The minimum Gasteiger partial charge on any atom is -0.493 e. The molecule has 2 aromatic rings. The van der Waals surface area contributed by atoms with E-state index >= 15 is 0 Å². The van der Waals surface area contributed by atoms with Crippen LogP contribution in [0.4, 0.5) is 0 Å². The Morgan fingerprint density at radius 2 is 2.05 bits per heavy atom. The van der Waals surface area contributed by atoms with E-state index in [1.165, 1.54) is 0 Å². The summed E-state index contributed by atoms with van der Waals surface area (Å²) >= 11 is 6.12. The zero-order valence-corrected chi connectivity index (χ0v) is 12.1. The van der Waals surface area contributed by atoms with Gasteiger partial charge in [-0.2, -0.15) is 5.26 Å². The molecular weight excluding hydrogens is 286 g/mol. The Kier molecular flexibility index (Phi) is 3.83. The molecule has 1 N–H and O–H groups in total. The van der Waals surface area contributed by atoms with Gasteiger partial charge < -0.3 is 9.84 Å².